The van der Waals surface area contributed by atoms with E-state index in [4.69, 9.17) is 11.6 Å². The van der Waals surface area contributed by atoms with Gasteiger partial charge in [0, 0.05) is 5.02 Å². The van der Waals surface area contributed by atoms with Gasteiger partial charge in [-0.05, 0) is 47.5 Å². The Morgan fingerprint density at radius 3 is 2.58 bits per heavy atom. The van der Waals surface area contributed by atoms with Gasteiger partial charge in [0.2, 0.25) is 0 Å². The molecular weight excluding hydrogens is 324 g/mol. The number of hydrazone groups is 1. The van der Waals surface area contributed by atoms with Crippen LogP contribution in [-0.2, 0) is 0 Å². The van der Waals surface area contributed by atoms with E-state index in [0.29, 0.717) is 10.7 Å². The number of phenolic OH excluding ortho intramolecular Hbond substituents is 1. The lowest BCUT2D eigenvalue weighted by atomic mass is 10.0. The SMILES string of the molecule is CC(=NNC(=O)c1cc(Cl)ccc1O)c1ccc2ccccc2c1. The molecule has 0 radical (unpaired) electrons. The number of hydrogen-bond acceptors (Lipinski definition) is 3. The third-order valence-corrected chi connectivity index (χ3v) is 3.93. The molecule has 3 aromatic carbocycles. The van der Waals surface area contributed by atoms with Gasteiger partial charge in [-0.2, -0.15) is 5.10 Å². The van der Waals surface area contributed by atoms with Crippen LogP contribution >= 0.6 is 11.6 Å². The Labute approximate surface area is 144 Å². The average molecular weight is 339 g/mol. The van der Waals surface area contributed by atoms with Crippen molar-refractivity contribution in [2.24, 2.45) is 5.10 Å². The van der Waals surface area contributed by atoms with E-state index in [-0.39, 0.29) is 11.3 Å². The predicted molar refractivity (Wildman–Crippen MR) is 96.7 cm³/mol. The number of aromatic hydroxyl groups is 1. The van der Waals surface area contributed by atoms with Crippen molar-refractivity contribution in [1.82, 2.24) is 5.43 Å². The van der Waals surface area contributed by atoms with E-state index in [1.807, 2.05) is 49.4 Å². The maximum atomic E-state index is 12.1. The molecule has 0 spiro atoms. The van der Waals surface area contributed by atoms with Crippen LogP contribution in [0.4, 0.5) is 0 Å². The first-order chi connectivity index (χ1) is 11.5. The molecule has 24 heavy (non-hydrogen) atoms. The van der Waals surface area contributed by atoms with Crippen LogP contribution in [0, 0.1) is 0 Å². The fourth-order valence-corrected chi connectivity index (χ4v) is 2.54. The zero-order valence-corrected chi connectivity index (χ0v) is 13.7. The molecule has 5 heteroatoms. The van der Waals surface area contributed by atoms with Crippen LogP contribution in [0.2, 0.25) is 5.02 Å². The van der Waals surface area contributed by atoms with E-state index in [0.717, 1.165) is 16.3 Å². The third kappa shape index (κ3) is 3.39. The fourth-order valence-electron chi connectivity index (χ4n) is 2.36. The van der Waals surface area contributed by atoms with Gasteiger partial charge in [-0.1, -0.05) is 48.0 Å². The molecule has 0 heterocycles. The molecule has 2 N–H and O–H groups in total. The highest BCUT2D eigenvalue weighted by Gasteiger charge is 2.11. The van der Waals surface area contributed by atoms with Gasteiger partial charge in [-0.3, -0.25) is 4.79 Å². The van der Waals surface area contributed by atoms with E-state index < -0.39 is 5.91 Å². The van der Waals surface area contributed by atoms with Gasteiger partial charge in [-0.15, -0.1) is 0 Å². The molecule has 120 valence electrons. The van der Waals surface area contributed by atoms with Crippen LogP contribution in [0.3, 0.4) is 0 Å². The highest BCUT2D eigenvalue weighted by molar-refractivity contribution is 6.31. The Bertz CT molecular complexity index is 951. The molecule has 3 aromatic rings. The number of hydrogen-bond donors (Lipinski definition) is 2. The second kappa shape index (κ2) is 6.72. The molecule has 0 aromatic heterocycles. The zero-order valence-electron chi connectivity index (χ0n) is 13.0. The highest BCUT2D eigenvalue weighted by Crippen LogP contribution is 2.21. The van der Waals surface area contributed by atoms with E-state index in [2.05, 4.69) is 10.5 Å². The minimum atomic E-state index is -0.518. The number of fused-ring (bicyclic) bond motifs is 1. The van der Waals surface area contributed by atoms with Gasteiger partial charge in [0.15, 0.2) is 0 Å². The van der Waals surface area contributed by atoms with Crippen molar-refractivity contribution in [2.75, 3.05) is 0 Å². The molecule has 0 fully saturated rings. The molecule has 0 aliphatic carbocycles. The average Bonchev–Trinajstić information content (AvgIpc) is 2.61. The minimum Gasteiger partial charge on any atom is -0.507 e. The summed E-state index contributed by atoms with van der Waals surface area (Å²) in [5.41, 5.74) is 4.09. The topological polar surface area (TPSA) is 61.7 Å². The molecule has 3 rings (SSSR count). The first-order valence-corrected chi connectivity index (χ1v) is 7.75. The van der Waals surface area contributed by atoms with Crippen LogP contribution in [0.5, 0.6) is 5.75 Å². The van der Waals surface area contributed by atoms with Crippen molar-refractivity contribution in [3.8, 4) is 5.75 Å². The maximum absolute atomic E-state index is 12.1. The van der Waals surface area contributed by atoms with Crippen LogP contribution in [0.25, 0.3) is 10.8 Å². The predicted octanol–water partition coefficient (Wildman–Crippen LogP) is 4.35. The van der Waals surface area contributed by atoms with Gasteiger partial charge >= 0.3 is 0 Å². The number of halogens is 1. The van der Waals surface area contributed by atoms with Gasteiger partial charge < -0.3 is 5.11 Å². The zero-order chi connectivity index (χ0) is 17.1. The van der Waals surface area contributed by atoms with E-state index in [9.17, 15) is 9.90 Å². The number of benzene rings is 3. The molecule has 0 saturated heterocycles. The first-order valence-electron chi connectivity index (χ1n) is 7.37. The highest BCUT2D eigenvalue weighted by atomic mass is 35.5. The normalized spacial score (nSPS) is 11.5. The summed E-state index contributed by atoms with van der Waals surface area (Å²) >= 11 is 5.85. The number of amides is 1. The summed E-state index contributed by atoms with van der Waals surface area (Å²) in [6.07, 6.45) is 0. The van der Waals surface area contributed by atoms with E-state index in [1.54, 1.807) is 0 Å². The van der Waals surface area contributed by atoms with Crippen molar-refractivity contribution in [3.05, 3.63) is 76.8 Å². The monoisotopic (exact) mass is 338 g/mol. The van der Waals surface area contributed by atoms with Crippen LogP contribution < -0.4 is 5.43 Å². The lowest BCUT2D eigenvalue weighted by Crippen LogP contribution is -2.19. The number of rotatable bonds is 3. The van der Waals surface area contributed by atoms with Gasteiger partial charge in [-0.25, -0.2) is 5.43 Å². The van der Waals surface area contributed by atoms with Crippen molar-refractivity contribution < 1.29 is 9.90 Å². The Hall–Kier alpha value is -2.85. The third-order valence-electron chi connectivity index (χ3n) is 3.70. The molecule has 0 aliphatic rings. The molecule has 0 atom stereocenters. The number of nitrogens with one attached hydrogen (secondary N) is 1. The fraction of sp³-hybridized carbons (Fsp3) is 0.0526. The Morgan fingerprint density at radius 1 is 1.04 bits per heavy atom. The number of carbonyl (C=O) groups excluding carboxylic acids is 1. The smallest absolute Gasteiger partial charge is 0.275 e. The van der Waals surface area contributed by atoms with Gasteiger partial charge in [0.25, 0.3) is 5.91 Å². The Kier molecular flexibility index (Phi) is 4.49. The largest absolute Gasteiger partial charge is 0.507 e. The summed E-state index contributed by atoms with van der Waals surface area (Å²) in [5.74, 6) is -0.661. The van der Waals surface area contributed by atoms with Crippen molar-refractivity contribution in [3.63, 3.8) is 0 Å². The van der Waals surface area contributed by atoms with Crippen LogP contribution in [0.15, 0.2) is 65.8 Å². The summed E-state index contributed by atoms with van der Waals surface area (Å²) in [6.45, 7) is 1.81. The van der Waals surface area contributed by atoms with E-state index in [1.165, 1.54) is 18.2 Å². The lowest BCUT2D eigenvalue weighted by molar-refractivity contribution is 0.0952. The standard InChI is InChI=1S/C19H15ClN2O2/c1-12(14-7-6-13-4-2-3-5-15(13)10-14)21-22-19(24)17-11-16(20)8-9-18(17)23/h2-11,23H,1H3,(H,22,24). The van der Waals surface area contributed by atoms with Gasteiger partial charge in [0.05, 0.1) is 11.3 Å². The van der Waals surface area contributed by atoms with Crippen molar-refractivity contribution in [2.45, 2.75) is 6.92 Å². The van der Waals surface area contributed by atoms with Crippen molar-refractivity contribution in [1.29, 1.82) is 0 Å². The summed E-state index contributed by atoms with van der Waals surface area (Å²) in [6, 6.07) is 18.3. The number of nitrogens with zero attached hydrogens (tertiary/aromatic N) is 1. The molecule has 1 amide bonds. The Balaban J connectivity index is 1.82. The summed E-state index contributed by atoms with van der Waals surface area (Å²) in [4.78, 5) is 12.1. The first kappa shape index (κ1) is 16.0. The molecular formula is C19H15ClN2O2. The summed E-state index contributed by atoms with van der Waals surface area (Å²) in [7, 11) is 0. The Morgan fingerprint density at radius 2 is 1.79 bits per heavy atom. The maximum Gasteiger partial charge on any atom is 0.275 e. The van der Waals surface area contributed by atoms with Gasteiger partial charge in [0.1, 0.15) is 5.75 Å². The summed E-state index contributed by atoms with van der Waals surface area (Å²) < 4.78 is 0. The lowest BCUT2D eigenvalue weighted by Gasteiger charge is -2.06. The molecule has 4 nitrogen and oxygen atoms in total. The van der Waals surface area contributed by atoms with Crippen LogP contribution in [0.1, 0.15) is 22.8 Å². The number of carbonyl (C=O) groups is 1. The quantitative estimate of drug-likeness (QED) is 0.551. The van der Waals surface area contributed by atoms with Crippen molar-refractivity contribution >= 4 is 34.0 Å². The van der Waals surface area contributed by atoms with Crippen LogP contribution in [-0.4, -0.2) is 16.7 Å². The second-order valence-electron chi connectivity index (χ2n) is 5.36. The minimum absolute atomic E-state index is 0.0811. The molecule has 0 aliphatic heterocycles. The second-order valence-corrected chi connectivity index (χ2v) is 5.80. The number of phenols is 1. The molecule has 0 bridgehead atoms. The van der Waals surface area contributed by atoms with E-state index >= 15 is 0 Å². The molecule has 0 saturated carbocycles. The summed E-state index contributed by atoms with van der Waals surface area (Å²) in [5, 5.41) is 16.5. The molecule has 0 unspecified atom stereocenters.